The van der Waals surface area contributed by atoms with Crippen LogP contribution in [0.4, 0.5) is 11.6 Å². The number of hydrogen-bond donors (Lipinski definition) is 2. The molecule has 0 bridgehead atoms. The molecule has 1 atom stereocenters. The van der Waals surface area contributed by atoms with E-state index in [1.165, 1.54) is 7.11 Å². The van der Waals surface area contributed by atoms with Gasteiger partial charge in [0, 0.05) is 19.5 Å². The molecule has 0 spiro atoms. The average Bonchev–Trinajstić information content (AvgIpc) is 2.43. The van der Waals surface area contributed by atoms with Crippen LogP contribution in [0.2, 0.25) is 0 Å². The fourth-order valence-electron chi connectivity index (χ4n) is 1.82. The van der Waals surface area contributed by atoms with Crippen molar-refractivity contribution in [1.82, 2.24) is 9.97 Å². The second-order valence-corrected chi connectivity index (χ2v) is 4.94. The number of esters is 1. The van der Waals surface area contributed by atoms with Gasteiger partial charge < -0.3 is 15.4 Å². The summed E-state index contributed by atoms with van der Waals surface area (Å²) in [5.41, 5.74) is 0. The molecule has 1 aromatic heterocycles. The van der Waals surface area contributed by atoms with Crippen LogP contribution in [0.3, 0.4) is 0 Å². The van der Waals surface area contributed by atoms with Gasteiger partial charge in [-0.3, -0.25) is 0 Å². The van der Waals surface area contributed by atoms with E-state index in [1.54, 1.807) is 6.07 Å². The Kier molecular flexibility index (Phi) is 6.21. The van der Waals surface area contributed by atoms with Crippen LogP contribution in [-0.2, 0) is 16.0 Å². The molecule has 6 nitrogen and oxygen atoms in total. The van der Waals surface area contributed by atoms with Crippen molar-refractivity contribution in [2.45, 2.75) is 39.7 Å². The minimum Gasteiger partial charge on any atom is -0.467 e. The Labute approximate surface area is 120 Å². The minimum atomic E-state index is -0.422. The maximum atomic E-state index is 11.8. The van der Waals surface area contributed by atoms with E-state index >= 15 is 0 Å². The molecular formula is C14H24N4O2. The lowest BCUT2D eigenvalue weighted by Gasteiger charge is -2.20. The molecule has 0 aliphatic rings. The lowest BCUT2D eigenvalue weighted by Crippen LogP contribution is -2.35. The minimum absolute atomic E-state index is 0.102. The van der Waals surface area contributed by atoms with Gasteiger partial charge in [0.2, 0.25) is 0 Å². The number of aryl methyl sites for hydroxylation is 1. The summed E-state index contributed by atoms with van der Waals surface area (Å²) in [6.45, 7) is 6.00. The lowest BCUT2D eigenvalue weighted by atomic mass is 10.0. The smallest absolute Gasteiger partial charge is 0.328 e. The summed E-state index contributed by atoms with van der Waals surface area (Å²) in [7, 11) is 3.20. The summed E-state index contributed by atoms with van der Waals surface area (Å²) in [4.78, 5) is 20.6. The Balaban J connectivity index is 2.99. The first-order valence-electron chi connectivity index (χ1n) is 6.91. The first-order chi connectivity index (χ1) is 9.51. The van der Waals surface area contributed by atoms with Crippen molar-refractivity contribution in [3.05, 3.63) is 11.9 Å². The Morgan fingerprint density at radius 2 is 2.00 bits per heavy atom. The molecule has 6 heteroatoms. The highest BCUT2D eigenvalue weighted by atomic mass is 16.5. The predicted octanol–water partition coefficient (Wildman–Crippen LogP) is 2.08. The van der Waals surface area contributed by atoms with Gasteiger partial charge in [-0.25, -0.2) is 14.8 Å². The van der Waals surface area contributed by atoms with Crippen molar-refractivity contribution in [3.8, 4) is 0 Å². The van der Waals surface area contributed by atoms with E-state index in [0.717, 1.165) is 24.5 Å². The monoisotopic (exact) mass is 280 g/mol. The molecule has 0 saturated carbocycles. The number of hydrogen-bond acceptors (Lipinski definition) is 6. The quantitative estimate of drug-likeness (QED) is 0.745. The number of rotatable bonds is 7. The summed E-state index contributed by atoms with van der Waals surface area (Å²) >= 11 is 0. The molecule has 0 aromatic carbocycles. The molecule has 0 fully saturated rings. The Morgan fingerprint density at radius 3 is 2.50 bits per heavy atom. The van der Waals surface area contributed by atoms with Crippen LogP contribution in [0.25, 0.3) is 0 Å². The largest absolute Gasteiger partial charge is 0.467 e. The van der Waals surface area contributed by atoms with Gasteiger partial charge in [0.1, 0.15) is 23.5 Å². The second kappa shape index (κ2) is 7.67. The number of ether oxygens (including phenoxy) is 1. The number of methoxy groups -OCH3 is 1. The number of anilines is 2. The van der Waals surface area contributed by atoms with Gasteiger partial charge in [0.05, 0.1) is 7.11 Å². The summed E-state index contributed by atoms with van der Waals surface area (Å²) in [5, 5.41) is 6.14. The highest BCUT2D eigenvalue weighted by Crippen LogP contribution is 2.16. The SMILES string of the molecule is CCCc1nc(NC)cc(NC(C(=O)OC)C(C)C)n1. The van der Waals surface area contributed by atoms with Crippen molar-refractivity contribution < 1.29 is 9.53 Å². The molecule has 1 rings (SSSR count). The van der Waals surface area contributed by atoms with Crippen molar-refractivity contribution in [3.63, 3.8) is 0 Å². The van der Waals surface area contributed by atoms with Gasteiger partial charge >= 0.3 is 5.97 Å². The zero-order chi connectivity index (χ0) is 15.1. The molecule has 0 aliphatic heterocycles. The van der Waals surface area contributed by atoms with Crippen molar-refractivity contribution in [2.75, 3.05) is 24.8 Å². The Bertz CT molecular complexity index is 449. The Morgan fingerprint density at radius 1 is 1.35 bits per heavy atom. The molecule has 2 N–H and O–H groups in total. The standard InChI is InChI=1S/C14H24N4O2/c1-6-7-10-16-11(15-4)8-12(17-10)18-13(9(2)3)14(19)20-5/h8-9,13H,6-7H2,1-5H3,(H2,15,16,17,18). The topological polar surface area (TPSA) is 76.1 Å². The van der Waals surface area contributed by atoms with Gasteiger partial charge in [0.25, 0.3) is 0 Å². The number of carbonyl (C=O) groups excluding carboxylic acids is 1. The van der Waals surface area contributed by atoms with E-state index in [4.69, 9.17) is 4.74 Å². The summed E-state index contributed by atoms with van der Waals surface area (Å²) < 4.78 is 4.82. The van der Waals surface area contributed by atoms with Crippen LogP contribution in [0.1, 0.15) is 33.0 Å². The summed E-state index contributed by atoms with van der Waals surface area (Å²) in [6.07, 6.45) is 1.77. The molecule has 0 saturated heterocycles. The van der Waals surface area contributed by atoms with Crippen molar-refractivity contribution >= 4 is 17.6 Å². The van der Waals surface area contributed by atoms with Gasteiger partial charge in [-0.1, -0.05) is 20.8 Å². The fraction of sp³-hybridized carbons (Fsp3) is 0.643. The first-order valence-corrected chi connectivity index (χ1v) is 6.91. The lowest BCUT2D eigenvalue weighted by molar-refractivity contribution is -0.142. The third-order valence-corrected chi connectivity index (χ3v) is 2.93. The van der Waals surface area contributed by atoms with E-state index < -0.39 is 6.04 Å². The molecule has 0 aliphatic carbocycles. The maximum Gasteiger partial charge on any atom is 0.328 e. The van der Waals surface area contributed by atoms with Crippen LogP contribution in [0.5, 0.6) is 0 Å². The van der Waals surface area contributed by atoms with E-state index in [0.29, 0.717) is 5.82 Å². The third kappa shape index (κ3) is 4.36. The van der Waals surface area contributed by atoms with E-state index in [1.807, 2.05) is 20.9 Å². The van der Waals surface area contributed by atoms with Gasteiger partial charge in [-0.05, 0) is 12.3 Å². The number of carbonyl (C=O) groups is 1. The van der Waals surface area contributed by atoms with Crippen LogP contribution in [0.15, 0.2) is 6.07 Å². The van der Waals surface area contributed by atoms with Crippen LogP contribution in [0, 0.1) is 5.92 Å². The van der Waals surface area contributed by atoms with Gasteiger partial charge in [-0.15, -0.1) is 0 Å². The van der Waals surface area contributed by atoms with Gasteiger partial charge in [0.15, 0.2) is 0 Å². The van der Waals surface area contributed by atoms with E-state index in [9.17, 15) is 4.79 Å². The van der Waals surface area contributed by atoms with Crippen molar-refractivity contribution in [1.29, 1.82) is 0 Å². The molecular weight excluding hydrogens is 256 g/mol. The highest BCUT2D eigenvalue weighted by Gasteiger charge is 2.23. The zero-order valence-electron chi connectivity index (χ0n) is 12.9. The third-order valence-electron chi connectivity index (χ3n) is 2.93. The molecule has 1 unspecified atom stereocenters. The molecule has 1 heterocycles. The first kappa shape index (κ1) is 16.2. The molecule has 0 radical (unpaired) electrons. The summed E-state index contributed by atoms with van der Waals surface area (Å²) in [6, 6.07) is 1.37. The average molecular weight is 280 g/mol. The second-order valence-electron chi connectivity index (χ2n) is 4.94. The van der Waals surface area contributed by atoms with Crippen LogP contribution < -0.4 is 10.6 Å². The molecule has 0 amide bonds. The van der Waals surface area contributed by atoms with E-state index in [-0.39, 0.29) is 11.9 Å². The van der Waals surface area contributed by atoms with Crippen molar-refractivity contribution in [2.24, 2.45) is 5.92 Å². The maximum absolute atomic E-state index is 11.8. The number of nitrogens with one attached hydrogen (secondary N) is 2. The number of nitrogens with zero attached hydrogens (tertiary/aromatic N) is 2. The molecule has 1 aromatic rings. The summed E-state index contributed by atoms with van der Waals surface area (Å²) in [5.74, 6) is 1.94. The molecule has 20 heavy (non-hydrogen) atoms. The predicted molar refractivity (Wildman–Crippen MR) is 79.8 cm³/mol. The fourth-order valence-corrected chi connectivity index (χ4v) is 1.82. The zero-order valence-corrected chi connectivity index (χ0v) is 12.9. The van der Waals surface area contributed by atoms with Crippen LogP contribution in [-0.4, -0.2) is 36.1 Å². The van der Waals surface area contributed by atoms with Gasteiger partial charge in [-0.2, -0.15) is 0 Å². The normalized spacial score (nSPS) is 12.1. The van der Waals surface area contributed by atoms with E-state index in [2.05, 4.69) is 27.5 Å². The molecule has 112 valence electrons. The van der Waals surface area contributed by atoms with Crippen LogP contribution >= 0.6 is 0 Å². The Hall–Kier alpha value is -1.85. The number of aromatic nitrogens is 2. The highest BCUT2D eigenvalue weighted by molar-refractivity contribution is 5.79.